The molecule has 1 amide bonds. The first-order valence-electron chi connectivity index (χ1n) is 7.06. The smallest absolute Gasteiger partial charge is 0.404 e. The Balaban J connectivity index is 1.84. The summed E-state index contributed by atoms with van der Waals surface area (Å²) in [6.07, 6.45) is 2.86. The van der Waals surface area contributed by atoms with Crippen LogP contribution in [0.4, 0.5) is 13.6 Å². The van der Waals surface area contributed by atoms with Crippen LogP contribution < -0.4 is 5.32 Å². The van der Waals surface area contributed by atoms with E-state index in [1.54, 1.807) is 0 Å². The van der Waals surface area contributed by atoms with Gasteiger partial charge >= 0.3 is 6.09 Å². The quantitative estimate of drug-likeness (QED) is 0.833. The van der Waals surface area contributed by atoms with E-state index in [0.29, 0.717) is 13.1 Å². The molecule has 6 heteroatoms. The normalized spacial score (nSPS) is 31.9. The molecule has 0 radical (unpaired) electrons. The van der Waals surface area contributed by atoms with Gasteiger partial charge in [0.1, 0.15) is 0 Å². The number of carboxylic acid groups (broad SMARTS) is 1. The van der Waals surface area contributed by atoms with Gasteiger partial charge in [-0.1, -0.05) is 12.8 Å². The van der Waals surface area contributed by atoms with Gasteiger partial charge in [0.25, 0.3) is 5.92 Å². The minimum atomic E-state index is -2.51. The molecule has 1 saturated carbocycles. The molecule has 4 nitrogen and oxygen atoms in total. The molecule has 0 aromatic carbocycles. The second-order valence-corrected chi connectivity index (χ2v) is 5.76. The van der Waals surface area contributed by atoms with Crippen molar-refractivity contribution in [2.45, 2.75) is 50.5 Å². The number of alkyl halides is 2. The van der Waals surface area contributed by atoms with Crippen molar-refractivity contribution in [3.8, 4) is 0 Å². The molecular formula is C13H22F2N2O2. The van der Waals surface area contributed by atoms with Crippen LogP contribution in [-0.2, 0) is 0 Å². The molecule has 1 aliphatic carbocycles. The fraction of sp³-hybridized carbons (Fsp3) is 0.923. The van der Waals surface area contributed by atoms with Crippen molar-refractivity contribution in [3.63, 3.8) is 0 Å². The van der Waals surface area contributed by atoms with E-state index < -0.39 is 12.0 Å². The molecule has 0 bridgehead atoms. The van der Waals surface area contributed by atoms with E-state index in [1.165, 1.54) is 0 Å². The Labute approximate surface area is 112 Å². The lowest BCUT2D eigenvalue weighted by Gasteiger charge is -2.38. The third-order valence-corrected chi connectivity index (χ3v) is 4.30. The number of nitrogens with zero attached hydrogens (tertiary/aromatic N) is 1. The highest BCUT2D eigenvalue weighted by Gasteiger charge is 2.36. The number of hydrogen-bond donors (Lipinski definition) is 2. The molecule has 1 aliphatic heterocycles. The van der Waals surface area contributed by atoms with Crippen molar-refractivity contribution >= 4 is 6.09 Å². The summed E-state index contributed by atoms with van der Waals surface area (Å²) in [7, 11) is 0. The van der Waals surface area contributed by atoms with Crippen molar-refractivity contribution < 1.29 is 18.7 Å². The maximum Gasteiger partial charge on any atom is 0.404 e. The van der Waals surface area contributed by atoms with E-state index in [1.807, 2.05) is 0 Å². The third-order valence-electron chi connectivity index (χ3n) is 4.30. The minimum absolute atomic E-state index is 0.0197. The van der Waals surface area contributed by atoms with E-state index in [0.717, 1.165) is 32.2 Å². The fourth-order valence-corrected chi connectivity index (χ4v) is 3.17. The highest BCUT2D eigenvalue weighted by Crippen LogP contribution is 2.30. The Bertz CT molecular complexity index is 316. The SMILES string of the molecule is O=C(O)NC1CCCCC1CN1CCC(F)(F)CC1. The first-order valence-corrected chi connectivity index (χ1v) is 7.06. The molecule has 1 saturated heterocycles. The van der Waals surface area contributed by atoms with Gasteiger partial charge in [-0.3, -0.25) is 0 Å². The van der Waals surface area contributed by atoms with Crippen LogP contribution >= 0.6 is 0 Å². The van der Waals surface area contributed by atoms with Crippen molar-refractivity contribution in [2.24, 2.45) is 5.92 Å². The van der Waals surface area contributed by atoms with Crippen molar-refractivity contribution in [1.82, 2.24) is 10.2 Å². The van der Waals surface area contributed by atoms with Gasteiger partial charge in [-0.25, -0.2) is 13.6 Å². The van der Waals surface area contributed by atoms with Crippen molar-refractivity contribution in [3.05, 3.63) is 0 Å². The number of carbonyl (C=O) groups is 1. The molecule has 2 rings (SSSR count). The van der Waals surface area contributed by atoms with Crippen LogP contribution in [-0.4, -0.2) is 47.7 Å². The molecule has 0 aromatic rings. The first kappa shape index (κ1) is 14.5. The monoisotopic (exact) mass is 276 g/mol. The van der Waals surface area contributed by atoms with Crippen LogP contribution in [0.25, 0.3) is 0 Å². The molecule has 2 unspecified atom stereocenters. The third kappa shape index (κ3) is 4.30. The molecule has 2 N–H and O–H groups in total. The van der Waals surface area contributed by atoms with Crippen molar-refractivity contribution in [1.29, 1.82) is 0 Å². The van der Waals surface area contributed by atoms with E-state index in [4.69, 9.17) is 5.11 Å². The summed E-state index contributed by atoms with van der Waals surface area (Å²) in [4.78, 5) is 12.8. The fourth-order valence-electron chi connectivity index (χ4n) is 3.17. The topological polar surface area (TPSA) is 52.6 Å². The summed E-state index contributed by atoms with van der Waals surface area (Å²) in [5, 5.41) is 11.4. The van der Waals surface area contributed by atoms with Gasteiger partial charge in [0, 0.05) is 38.5 Å². The van der Waals surface area contributed by atoms with E-state index >= 15 is 0 Å². The second kappa shape index (κ2) is 6.03. The van der Waals surface area contributed by atoms with E-state index in [-0.39, 0.29) is 24.8 Å². The van der Waals surface area contributed by atoms with E-state index in [2.05, 4.69) is 10.2 Å². The Morgan fingerprint density at radius 1 is 1.26 bits per heavy atom. The lowest BCUT2D eigenvalue weighted by Crippen LogP contribution is -2.48. The van der Waals surface area contributed by atoms with Gasteiger partial charge in [-0.15, -0.1) is 0 Å². The van der Waals surface area contributed by atoms with Crippen LogP contribution in [0.2, 0.25) is 0 Å². The van der Waals surface area contributed by atoms with Gasteiger partial charge in [0.2, 0.25) is 0 Å². The molecule has 0 spiro atoms. The molecular weight excluding hydrogens is 254 g/mol. The lowest BCUT2D eigenvalue weighted by atomic mass is 9.84. The van der Waals surface area contributed by atoms with Gasteiger partial charge in [-0.2, -0.15) is 0 Å². The summed E-state index contributed by atoms with van der Waals surface area (Å²) >= 11 is 0. The molecule has 19 heavy (non-hydrogen) atoms. The molecule has 0 aromatic heterocycles. The number of likely N-dealkylation sites (tertiary alicyclic amines) is 1. The summed E-state index contributed by atoms with van der Waals surface area (Å²) in [6, 6.07) is -0.0197. The summed E-state index contributed by atoms with van der Waals surface area (Å²) in [5.74, 6) is -2.25. The Morgan fingerprint density at radius 2 is 1.89 bits per heavy atom. The lowest BCUT2D eigenvalue weighted by molar-refractivity contribution is -0.0586. The van der Waals surface area contributed by atoms with Crippen LogP contribution in [0, 0.1) is 5.92 Å². The predicted octanol–water partition coefficient (Wildman–Crippen LogP) is 2.54. The zero-order valence-electron chi connectivity index (χ0n) is 11.1. The zero-order chi connectivity index (χ0) is 13.9. The second-order valence-electron chi connectivity index (χ2n) is 5.76. The Kier molecular flexibility index (Phi) is 4.60. The van der Waals surface area contributed by atoms with Gasteiger partial charge < -0.3 is 15.3 Å². The number of nitrogens with one attached hydrogen (secondary N) is 1. The summed E-state index contributed by atoms with van der Waals surface area (Å²) in [5.41, 5.74) is 0. The standard InChI is InChI=1S/C13H22F2N2O2/c14-13(15)5-7-17(8-6-13)9-10-3-1-2-4-11(10)16-12(18)19/h10-11,16H,1-9H2,(H,18,19). The molecule has 1 heterocycles. The highest BCUT2D eigenvalue weighted by molar-refractivity contribution is 5.64. The first-order chi connectivity index (χ1) is 8.96. The largest absolute Gasteiger partial charge is 0.465 e. The predicted molar refractivity (Wildman–Crippen MR) is 67.5 cm³/mol. The zero-order valence-corrected chi connectivity index (χ0v) is 11.1. The Hall–Kier alpha value is -0.910. The number of halogens is 2. The summed E-state index contributed by atoms with van der Waals surface area (Å²) in [6.45, 7) is 1.58. The van der Waals surface area contributed by atoms with Gasteiger partial charge in [0.15, 0.2) is 0 Å². The molecule has 110 valence electrons. The average Bonchev–Trinajstić information content (AvgIpc) is 2.33. The van der Waals surface area contributed by atoms with Gasteiger partial charge in [0.05, 0.1) is 0 Å². The number of amides is 1. The van der Waals surface area contributed by atoms with Crippen molar-refractivity contribution in [2.75, 3.05) is 19.6 Å². The van der Waals surface area contributed by atoms with Crippen LogP contribution in [0.1, 0.15) is 38.5 Å². The minimum Gasteiger partial charge on any atom is -0.465 e. The van der Waals surface area contributed by atoms with Gasteiger partial charge in [-0.05, 0) is 18.8 Å². The molecule has 2 aliphatic rings. The number of hydrogen-bond acceptors (Lipinski definition) is 2. The molecule has 2 atom stereocenters. The van der Waals surface area contributed by atoms with Crippen LogP contribution in [0.5, 0.6) is 0 Å². The number of rotatable bonds is 3. The van der Waals surface area contributed by atoms with Crippen LogP contribution in [0.3, 0.4) is 0 Å². The molecule has 2 fully saturated rings. The van der Waals surface area contributed by atoms with Crippen LogP contribution in [0.15, 0.2) is 0 Å². The maximum absolute atomic E-state index is 13.1. The maximum atomic E-state index is 13.1. The average molecular weight is 276 g/mol. The van der Waals surface area contributed by atoms with E-state index in [9.17, 15) is 13.6 Å². The summed E-state index contributed by atoms with van der Waals surface area (Å²) < 4.78 is 26.2. The number of piperidine rings is 1. The highest BCUT2D eigenvalue weighted by atomic mass is 19.3. The Morgan fingerprint density at radius 3 is 2.53 bits per heavy atom.